The summed E-state index contributed by atoms with van der Waals surface area (Å²) < 4.78 is 5.04. The van der Waals surface area contributed by atoms with Crippen LogP contribution in [0.5, 0.6) is 0 Å². The van der Waals surface area contributed by atoms with Crippen LogP contribution in [0.1, 0.15) is 36.0 Å². The molecule has 6 heteroatoms. The fraction of sp³-hybridized carbons (Fsp3) is 0.400. The number of aromatic amines is 1. The Bertz CT molecular complexity index is 659. The van der Waals surface area contributed by atoms with Crippen LogP contribution in [0.3, 0.4) is 0 Å². The number of nitrogens with zero attached hydrogens (tertiary/aromatic N) is 1. The molecule has 21 heavy (non-hydrogen) atoms. The Morgan fingerprint density at radius 2 is 2.14 bits per heavy atom. The van der Waals surface area contributed by atoms with Crippen molar-refractivity contribution in [3.05, 3.63) is 30.1 Å². The summed E-state index contributed by atoms with van der Waals surface area (Å²) in [5, 5.41) is 2.88. The van der Waals surface area contributed by atoms with Gasteiger partial charge in [0.25, 0.3) is 5.91 Å². The second-order valence-electron chi connectivity index (χ2n) is 5.26. The lowest BCUT2D eigenvalue weighted by molar-refractivity contribution is -0.124. The van der Waals surface area contributed by atoms with E-state index in [1.807, 2.05) is 0 Å². The fourth-order valence-electron chi connectivity index (χ4n) is 2.62. The van der Waals surface area contributed by atoms with Crippen molar-refractivity contribution < 1.29 is 14.3 Å². The van der Waals surface area contributed by atoms with Crippen LogP contribution in [0.15, 0.2) is 24.5 Å². The number of aromatic nitrogens is 2. The van der Waals surface area contributed by atoms with Gasteiger partial charge in [0.2, 0.25) is 0 Å². The largest absolute Gasteiger partial charge is 0.452 e. The van der Waals surface area contributed by atoms with Gasteiger partial charge in [-0.1, -0.05) is 12.8 Å². The normalized spacial score (nSPS) is 15.2. The number of H-pyrrole nitrogens is 1. The van der Waals surface area contributed by atoms with Gasteiger partial charge in [-0.2, -0.15) is 0 Å². The average molecular weight is 287 g/mol. The number of hydrogen-bond acceptors (Lipinski definition) is 4. The minimum absolute atomic E-state index is 0.234. The quantitative estimate of drug-likeness (QED) is 0.839. The number of imidazole rings is 1. The van der Waals surface area contributed by atoms with E-state index in [2.05, 4.69) is 15.3 Å². The summed E-state index contributed by atoms with van der Waals surface area (Å²) in [6.07, 6.45) is 5.88. The monoisotopic (exact) mass is 287 g/mol. The topological polar surface area (TPSA) is 84.1 Å². The van der Waals surface area contributed by atoms with Gasteiger partial charge in [-0.3, -0.25) is 4.79 Å². The molecule has 1 amide bonds. The lowest BCUT2D eigenvalue weighted by Gasteiger charge is -2.11. The van der Waals surface area contributed by atoms with Crippen LogP contribution >= 0.6 is 0 Å². The summed E-state index contributed by atoms with van der Waals surface area (Å²) in [5.74, 6) is -0.744. The molecule has 0 bridgehead atoms. The Kier molecular flexibility index (Phi) is 3.85. The molecule has 0 spiro atoms. The summed E-state index contributed by atoms with van der Waals surface area (Å²) in [6.45, 7) is -0.240. The zero-order valence-electron chi connectivity index (χ0n) is 11.6. The molecule has 1 aliphatic rings. The van der Waals surface area contributed by atoms with E-state index in [0.29, 0.717) is 5.56 Å². The predicted octanol–water partition coefficient (Wildman–Crippen LogP) is 1.78. The molecule has 1 saturated carbocycles. The zero-order valence-corrected chi connectivity index (χ0v) is 11.6. The van der Waals surface area contributed by atoms with Crippen molar-refractivity contribution in [3.8, 4) is 0 Å². The third kappa shape index (κ3) is 3.21. The van der Waals surface area contributed by atoms with Crippen LogP contribution in [-0.2, 0) is 9.53 Å². The first-order valence-electron chi connectivity index (χ1n) is 7.12. The molecule has 1 aromatic carbocycles. The second-order valence-corrected chi connectivity index (χ2v) is 5.26. The number of rotatable bonds is 4. The lowest BCUT2D eigenvalue weighted by Crippen LogP contribution is -2.35. The summed E-state index contributed by atoms with van der Waals surface area (Å²) in [7, 11) is 0. The number of esters is 1. The molecule has 1 aromatic heterocycles. The highest BCUT2D eigenvalue weighted by Crippen LogP contribution is 2.17. The van der Waals surface area contributed by atoms with Gasteiger partial charge >= 0.3 is 5.97 Å². The molecule has 1 fully saturated rings. The van der Waals surface area contributed by atoms with E-state index < -0.39 is 5.97 Å². The maximum Gasteiger partial charge on any atom is 0.338 e. The van der Waals surface area contributed by atoms with Crippen molar-refractivity contribution in [2.75, 3.05) is 6.61 Å². The highest BCUT2D eigenvalue weighted by Gasteiger charge is 2.18. The lowest BCUT2D eigenvalue weighted by atomic mass is 10.2. The molecule has 0 saturated heterocycles. The Balaban J connectivity index is 1.54. The number of amides is 1. The molecule has 3 rings (SSSR count). The van der Waals surface area contributed by atoms with Crippen LogP contribution in [0.4, 0.5) is 0 Å². The smallest absolute Gasteiger partial charge is 0.338 e. The van der Waals surface area contributed by atoms with Gasteiger partial charge in [0.05, 0.1) is 22.9 Å². The molecule has 1 aliphatic carbocycles. The first-order valence-corrected chi connectivity index (χ1v) is 7.12. The molecule has 2 aromatic rings. The number of ether oxygens (including phenoxy) is 1. The highest BCUT2D eigenvalue weighted by molar-refractivity contribution is 5.94. The molecule has 1 heterocycles. The first kappa shape index (κ1) is 13.6. The van der Waals surface area contributed by atoms with Crippen molar-refractivity contribution in [3.63, 3.8) is 0 Å². The summed E-state index contributed by atoms with van der Waals surface area (Å²) >= 11 is 0. The number of hydrogen-bond donors (Lipinski definition) is 2. The van der Waals surface area contributed by atoms with E-state index in [9.17, 15) is 9.59 Å². The molecule has 6 nitrogen and oxygen atoms in total. The van der Waals surface area contributed by atoms with E-state index in [-0.39, 0.29) is 18.6 Å². The maximum atomic E-state index is 11.9. The van der Waals surface area contributed by atoms with E-state index in [4.69, 9.17) is 4.74 Å². The van der Waals surface area contributed by atoms with Crippen molar-refractivity contribution >= 4 is 22.9 Å². The summed E-state index contributed by atoms with van der Waals surface area (Å²) in [6, 6.07) is 5.28. The Morgan fingerprint density at radius 3 is 2.95 bits per heavy atom. The predicted molar refractivity (Wildman–Crippen MR) is 76.8 cm³/mol. The molecule has 0 radical (unpaired) electrons. The first-order chi connectivity index (χ1) is 10.2. The van der Waals surface area contributed by atoms with E-state index in [1.54, 1.807) is 24.5 Å². The number of fused-ring (bicyclic) bond motifs is 1. The Labute approximate surface area is 121 Å². The maximum absolute atomic E-state index is 11.9. The summed E-state index contributed by atoms with van der Waals surface area (Å²) in [5.41, 5.74) is 1.95. The zero-order chi connectivity index (χ0) is 14.7. The SMILES string of the molecule is O=C(COC(=O)c1ccc2nc[nH]c2c1)NC1CCCC1. The highest BCUT2D eigenvalue weighted by atomic mass is 16.5. The Morgan fingerprint density at radius 1 is 1.33 bits per heavy atom. The van der Waals surface area contributed by atoms with Crippen LogP contribution in [0.25, 0.3) is 11.0 Å². The molecular formula is C15H17N3O3. The van der Waals surface area contributed by atoms with Crippen molar-refractivity contribution in [1.82, 2.24) is 15.3 Å². The Hall–Kier alpha value is -2.37. The van der Waals surface area contributed by atoms with E-state index >= 15 is 0 Å². The molecule has 0 atom stereocenters. The van der Waals surface area contributed by atoms with Crippen molar-refractivity contribution in [1.29, 1.82) is 0 Å². The van der Waals surface area contributed by atoms with E-state index in [0.717, 1.165) is 36.7 Å². The van der Waals surface area contributed by atoms with Crippen LogP contribution < -0.4 is 5.32 Å². The minimum atomic E-state index is -0.506. The van der Waals surface area contributed by atoms with Gasteiger partial charge in [-0.05, 0) is 31.0 Å². The van der Waals surface area contributed by atoms with Crippen LogP contribution in [0, 0.1) is 0 Å². The number of benzene rings is 1. The van der Waals surface area contributed by atoms with Gasteiger partial charge in [-0.25, -0.2) is 9.78 Å². The molecule has 2 N–H and O–H groups in total. The molecule has 0 aliphatic heterocycles. The van der Waals surface area contributed by atoms with Crippen molar-refractivity contribution in [2.45, 2.75) is 31.7 Å². The van der Waals surface area contributed by atoms with Crippen LogP contribution in [0.2, 0.25) is 0 Å². The number of carbonyl (C=O) groups is 2. The minimum Gasteiger partial charge on any atom is -0.452 e. The third-order valence-corrected chi connectivity index (χ3v) is 3.71. The summed E-state index contributed by atoms with van der Waals surface area (Å²) in [4.78, 5) is 30.6. The number of carbonyl (C=O) groups excluding carboxylic acids is 2. The third-order valence-electron chi connectivity index (χ3n) is 3.71. The van der Waals surface area contributed by atoms with Gasteiger partial charge in [0.1, 0.15) is 0 Å². The van der Waals surface area contributed by atoms with Gasteiger partial charge in [-0.15, -0.1) is 0 Å². The number of nitrogens with one attached hydrogen (secondary N) is 2. The molecule has 110 valence electrons. The fourth-order valence-corrected chi connectivity index (χ4v) is 2.62. The van der Waals surface area contributed by atoms with Gasteiger partial charge in [0.15, 0.2) is 6.61 Å². The van der Waals surface area contributed by atoms with Crippen LogP contribution in [-0.4, -0.2) is 34.5 Å². The molecule has 0 unspecified atom stereocenters. The average Bonchev–Trinajstić information content (AvgIpc) is 3.14. The van der Waals surface area contributed by atoms with Gasteiger partial charge < -0.3 is 15.0 Å². The second kappa shape index (κ2) is 5.95. The van der Waals surface area contributed by atoms with Gasteiger partial charge in [0, 0.05) is 6.04 Å². The standard InChI is InChI=1S/C15H17N3O3/c19-14(18-11-3-1-2-4-11)8-21-15(20)10-5-6-12-13(7-10)17-9-16-12/h5-7,9,11H,1-4,8H2,(H,16,17)(H,18,19). The van der Waals surface area contributed by atoms with E-state index in [1.165, 1.54) is 0 Å². The van der Waals surface area contributed by atoms with Crippen molar-refractivity contribution in [2.24, 2.45) is 0 Å². The molecular weight excluding hydrogens is 270 g/mol.